The number of hydrogen-bond acceptors (Lipinski definition) is 0. The van der Waals surface area contributed by atoms with Crippen molar-refractivity contribution in [2.24, 2.45) is 5.41 Å². The van der Waals surface area contributed by atoms with Gasteiger partial charge in [0.25, 0.3) is 0 Å². The molecule has 0 aromatic heterocycles. The summed E-state index contributed by atoms with van der Waals surface area (Å²) >= 11 is 0. The molecule has 0 aromatic rings. The molecule has 0 amide bonds. The lowest BCUT2D eigenvalue weighted by Gasteiger charge is -2.11. The van der Waals surface area contributed by atoms with Crippen molar-refractivity contribution in [3.63, 3.8) is 0 Å². The first-order chi connectivity index (χ1) is 4.70. The SMILES string of the molecule is CC1(C)CC=[N+]2C=CC=C21. The van der Waals surface area contributed by atoms with Gasteiger partial charge in [-0.05, 0) is 13.8 Å². The van der Waals surface area contributed by atoms with Crippen molar-refractivity contribution in [1.82, 2.24) is 0 Å². The van der Waals surface area contributed by atoms with Crippen LogP contribution in [0.3, 0.4) is 0 Å². The van der Waals surface area contributed by atoms with Crippen LogP contribution in [0.25, 0.3) is 0 Å². The third-order valence-corrected chi connectivity index (χ3v) is 2.27. The molecule has 10 heavy (non-hydrogen) atoms. The largest absolute Gasteiger partial charge is 0.192 e. The number of allylic oxidation sites excluding steroid dienone is 3. The average Bonchev–Trinajstić information content (AvgIpc) is 2.36. The average molecular weight is 134 g/mol. The van der Waals surface area contributed by atoms with Crippen LogP contribution in [-0.2, 0) is 0 Å². The van der Waals surface area contributed by atoms with E-state index in [0.717, 1.165) is 0 Å². The topological polar surface area (TPSA) is 3.01 Å². The van der Waals surface area contributed by atoms with Crippen molar-refractivity contribution < 1.29 is 4.58 Å². The Kier molecular flexibility index (Phi) is 0.942. The smallest absolute Gasteiger partial charge is 0.174 e. The molecular formula is C9H12N+. The first kappa shape index (κ1) is 5.90. The number of fused-ring (bicyclic) bond motifs is 1. The Bertz CT molecular complexity index is 254. The van der Waals surface area contributed by atoms with Crippen molar-refractivity contribution >= 4 is 6.21 Å². The fraction of sp³-hybridized carbons (Fsp3) is 0.444. The molecule has 52 valence electrons. The molecule has 0 atom stereocenters. The fourth-order valence-electron chi connectivity index (χ4n) is 1.56. The van der Waals surface area contributed by atoms with E-state index in [1.165, 1.54) is 12.1 Å². The maximum atomic E-state index is 2.28. The number of rotatable bonds is 0. The van der Waals surface area contributed by atoms with Gasteiger partial charge in [-0.3, -0.25) is 0 Å². The van der Waals surface area contributed by atoms with Gasteiger partial charge in [-0.2, -0.15) is 4.58 Å². The highest BCUT2D eigenvalue weighted by Gasteiger charge is 2.38. The third kappa shape index (κ3) is 0.605. The van der Waals surface area contributed by atoms with Gasteiger partial charge in [0.1, 0.15) is 0 Å². The predicted molar refractivity (Wildman–Crippen MR) is 41.9 cm³/mol. The minimum absolute atomic E-state index is 0.365. The third-order valence-electron chi connectivity index (χ3n) is 2.27. The van der Waals surface area contributed by atoms with Crippen molar-refractivity contribution in [3.05, 3.63) is 24.0 Å². The summed E-state index contributed by atoms with van der Waals surface area (Å²) in [6.45, 7) is 4.56. The molecule has 0 bridgehead atoms. The number of nitrogens with zero attached hydrogens (tertiary/aromatic N) is 1. The summed E-state index contributed by atoms with van der Waals surface area (Å²) in [6.07, 6.45) is 9.83. The van der Waals surface area contributed by atoms with Crippen LogP contribution in [0.5, 0.6) is 0 Å². The van der Waals surface area contributed by atoms with Crippen LogP contribution in [0.4, 0.5) is 0 Å². The highest BCUT2D eigenvalue weighted by molar-refractivity contribution is 5.58. The zero-order valence-electron chi connectivity index (χ0n) is 6.46. The van der Waals surface area contributed by atoms with Crippen molar-refractivity contribution in [2.45, 2.75) is 20.3 Å². The summed E-state index contributed by atoms with van der Waals surface area (Å²) in [5, 5.41) is 0. The van der Waals surface area contributed by atoms with Gasteiger partial charge in [0.15, 0.2) is 18.1 Å². The Labute approximate surface area is 61.4 Å². The molecule has 2 aliphatic heterocycles. The van der Waals surface area contributed by atoms with E-state index in [4.69, 9.17) is 0 Å². The van der Waals surface area contributed by atoms with Crippen LogP contribution in [0.15, 0.2) is 24.0 Å². The lowest BCUT2D eigenvalue weighted by atomic mass is 9.88. The van der Waals surface area contributed by atoms with Gasteiger partial charge >= 0.3 is 0 Å². The molecule has 0 aliphatic carbocycles. The van der Waals surface area contributed by atoms with Crippen LogP contribution >= 0.6 is 0 Å². The highest BCUT2D eigenvalue weighted by Crippen LogP contribution is 2.36. The molecule has 0 saturated carbocycles. The molecular weight excluding hydrogens is 122 g/mol. The molecule has 0 unspecified atom stereocenters. The molecule has 0 aromatic carbocycles. The molecule has 2 aliphatic rings. The van der Waals surface area contributed by atoms with Crippen LogP contribution in [0, 0.1) is 5.41 Å². The van der Waals surface area contributed by atoms with Gasteiger partial charge in [0, 0.05) is 18.6 Å². The van der Waals surface area contributed by atoms with Gasteiger partial charge in [-0.1, -0.05) is 0 Å². The summed E-state index contributed by atoms with van der Waals surface area (Å²) in [6, 6.07) is 0. The molecule has 0 spiro atoms. The zero-order chi connectivity index (χ0) is 7.19. The van der Waals surface area contributed by atoms with E-state index in [2.05, 4.69) is 43.0 Å². The summed E-state index contributed by atoms with van der Waals surface area (Å²) in [7, 11) is 0. The number of hydrogen-bond donors (Lipinski definition) is 0. The van der Waals surface area contributed by atoms with Crippen molar-refractivity contribution in [1.29, 1.82) is 0 Å². The molecule has 0 fully saturated rings. The lowest BCUT2D eigenvalue weighted by Crippen LogP contribution is -2.11. The molecule has 0 radical (unpaired) electrons. The Morgan fingerprint density at radius 3 is 3.00 bits per heavy atom. The highest BCUT2D eigenvalue weighted by atomic mass is 15.0. The summed E-state index contributed by atoms with van der Waals surface area (Å²) in [5.74, 6) is 0. The minimum Gasteiger partial charge on any atom is -0.174 e. The summed E-state index contributed by atoms with van der Waals surface area (Å²) in [4.78, 5) is 0. The van der Waals surface area contributed by atoms with E-state index in [-0.39, 0.29) is 0 Å². The molecule has 0 saturated heterocycles. The van der Waals surface area contributed by atoms with Crippen LogP contribution in [0.2, 0.25) is 0 Å². The normalized spacial score (nSPS) is 26.2. The summed E-state index contributed by atoms with van der Waals surface area (Å²) < 4.78 is 2.22. The molecule has 1 nitrogen and oxygen atoms in total. The second kappa shape index (κ2) is 1.60. The maximum absolute atomic E-state index is 2.28. The van der Waals surface area contributed by atoms with E-state index >= 15 is 0 Å². The first-order valence-electron chi connectivity index (χ1n) is 3.71. The Hall–Kier alpha value is -0.850. The Morgan fingerprint density at radius 2 is 2.30 bits per heavy atom. The molecule has 1 heteroatoms. The van der Waals surface area contributed by atoms with E-state index in [9.17, 15) is 0 Å². The van der Waals surface area contributed by atoms with Gasteiger partial charge in [0.2, 0.25) is 0 Å². The quantitative estimate of drug-likeness (QED) is 0.445. The van der Waals surface area contributed by atoms with Gasteiger partial charge in [-0.25, -0.2) is 0 Å². The van der Waals surface area contributed by atoms with Gasteiger partial charge in [-0.15, -0.1) is 0 Å². The predicted octanol–water partition coefficient (Wildman–Crippen LogP) is 1.91. The van der Waals surface area contributed by atoms with E-state index in [1.54, 1.807) is 0 Å². The maximum Gasteiger partial charge on any atom is 0.192 e. The second-order valence-electron chi connectivity index (χ2n) is 3.57. The van der Waals surface area contributed by atoms with E-state index < -0.39 is 0 Å². The standard InChI is InChI=1S/C9H12N/c1-9(2)5-7-10-6-3-4-8(9)10/h3-4,6-7H,5H2,1-2H3/q+1. The molecule has 2 heterocycles. The molecule has 2 rings (SSSR count). The van der Waals surface area contributed by atoms with E-state index in [0.29, 0.717) is 5.41 Å². The van der Waals surface area contributed by atoms with Crippen LogP contribution < -0.4 is 0 Å². The monoisotopic (exact) mass is 134 g/mol. The Morgan fingerprint density at radius 1 is 1.50 bits per heavy atom. The summed E-state index contributed by atoms with van der Waals surface area (Å²) in [5.41, 5.74) is 1.80. The van der Waals surface area contributed by atoms with E-state index in [1.807, 2.05) is 0 Å². The van der Waals surface area contributed by atoms with Crippen molar-refractivity contribution in [2.75, 3.05) is 0 Å². The fourth-order valence-corrected chi connectivity index (χ4v) is 1.56. The van der Waals surface area contributed by atoms with Gasteiger partial charge < -0.3 is 0 Å². The minimum atomic E-state index is 0.365. The lowest BCUT2D eigenvalue weighted by molar-refractivity contribution is -0.394. The second-order valence-corrected chi connectivity index (χ2v) is 3.57. The van der Waals surface area contributed by atoms with Crippen LogP contribution in [0.1, 0.15) is 20.3 Å². The molecule has 0 N–H and O–H groups in total. The first-order valence-corrected chi connectivity index (χ1v) is 3.71. The van der Waals surface area contributed by atoms with Crippen molar-refractivity contribution in [3.8, 4) is 0 Å². The van der Waals surface area contributed by atoms with Gasteiger partial charge in [0.05, 0.1) is 5.41 Å². The zero-order valence-corrected chi connectivity index (χ0v) is 6.46. The van der Waals surface area contributed by atoms with Crippen LogP contribution in [-0.4, -0.2) is 10.8 Å². The Balaban J connectivity index is 2.45.